The van der Waals surface area contributed by atoms with E-state index in [0.29, 0.717) is 24.4 Å². The van der Waals surface area contributed by atoms with Crippen molar-refractivity contribution in [1.29, 1.82) is 0 Å². The molecule has 0 radical (unpaired) electrons. The van der Waals surface area contributed by atoms with Gasteiger partial charge in [-0.05, 0) is 50.6 Å². The van der Waals surface area contributed by atoms with Crippen LogP contribution in [0.15, 0.2) is 40.8 Å². The fraction of sp³-hybridized carbons (Fsp3) is 0.381. The van der Waals surface area contributed by atoms with Crippen molar-refractivity contribution in [1.82, 2.24) is 15.5 Å². The molecule has 1 aromatic carbocycles. The Bertz CT molecular complexity index is 842. The number of carbonyl (C=O) groups excluding carboxylic acids is 3. The maximum Gasteiger partial charge on any atom is 0.338 e. The summed E-state index contributed by atoms with van der Waals surface area (Å²) in [5.74, 6) is 0.518. The molecule has 0 saturated heterocycles. The molecule has 156 valence electrons. The van der Waals surface area contributed by atoms with Gasteiger partial charge in [0, 0.05) is 19.6 Å². The summed E-state index contributed by atoms with van der Waals surface area (Å²) in [5, 5.41) is 5.46. The van der Waals surface area contributed by atoms with Crippen LogP contribution in [0.5, 0.6) is 0 Å². The van der Waals surface area contributed by atoms with Gasteiger partial charge in [0.2, 0.25) is 0 Å². The van der Waals surface area contributed by atoms with Gasteiger partial charge in [0.05, 0.1) is 12.1 Å². The Hall–Kier alpha value is -3.29. The minimum absolute atomic E-state index is 0.0529. The Balaban J connectivity index is 1.78. The summed E-state index contributed by atoms with van der Waals surface area (Å²) in [5.41, 5.74) is 1.17. The number of benzene rings is 1. The predicted octanol–water partition coefficient (Wildman–Crippen LogP) is 2.61. The molecule has 0 aliphatic heterocycles. The monoisotopic (exact) mass is 401 g/mol. The summed E-state index contributed by atoms with van der Waals surface area (Å²) >= 11 is 0. The Morgan fingerprint density at radius 3 is 2.38 bits per heavy atom. The molecule has 1 aromatic heterocycles. The summed E-state index contributed by atoms with van der Waals surface area (Å²) in [6.07, 6.45) is 0. The van der Waals surface area contributed by atoms with Crippen LogP contribution in [0.2, 0.25) is 0 Å². The Labute approximate surface area is 170 Å². The third-order valence-electron chi connectivity index (χ3n) is 4.00. The van der Waals surface area contributed by atoms with Crippen molar-refractivity contribution in [3.8, 4) is 0 Å². The Kier molecular flexibility index (Phi) is 7.82. The number of furan rings is 1. The number of ether oxygens (including phenoxy) is 1. The lowest BCUT2D eigenvalue weighted by Gasteiger charge is -2.15. The van der Waals surface area contributed by atoms with E-state index in [1.165, 1.54) is 4.90 Å². The lowest BCUT2D eigenvalue weighted by atomic mass is 10.1. The van der Waals surface area contributed by atoms with E-state index in [2.05, 4.69) is 10.6 Å². The van der Waals surface area contributed by atoms with Crippen molar-refractivity contribution < 1.29 is 23.5 Å². The maximum absolute atomic E-state index is 12.1. The molecule has 0 unspecified atom stereocenters. The second-order valence-electron chi connectivity index (χ2n) is 7.02. The fourth-order valence-electron chi connectivity index (χ4n) is 2.47. The van der Waals surface area contributed by atoms with E-state index in [9.17, 15) is 14.4 Å². The highest BCUT2D eigenvalue weighted by Gasteiger charge is 2.15. The molecule has 0 atom stereocenters. The molecule has 29 heavy (non-hydrogen) atoms. The van der Waals surface area contributed by atoms with Crippen LogP contribution in [0.1, 0.15) is 41.3 Å². The summed E-state index contributed by atoms with van der Waals surface area (Å²) in [4.78, 5) is 37.3. The van der Waals surface area contributed by atoms with Gasteiger partial charge >= 0.3 is 12.0 Å². The largest absolute Gasteiger partial charge is 0.464 e. The standard InChI is InChI=1S/C21H27N3O5/c1-14(2)23-21(27)22-11-16-6-8-17(9-7-16)20(26)28-13-19(25)24(4)12-18-10-5-15(3)29-18/h5-10,14H,11-13H2,1-4H3,(H2,22,23,27). The molecule has 2 aromatic rings. The molecule has 1 heterocycles. The highest BCUT2D eigenvalue weighted by molar-refractivity contribution is 5.91. The molecular formula is C21H27N3O5. The smallest absolute Gasteiger partial charge is 0.338 e. The molecule has 0 fully saturated rings. The SMILES string of the molecule is Cc1ccc(CN(C)C(=O)COC(=O)c2ccc(CNC(=O)NC(C)C)cc2)o1. The van der Waals surface area contributed by atoms with Crippen LogP contribution in [0.25, 0.3) is 0 Å². The van der Waals surface area contributed by atoms with Crippen LogP contribution in [-0.2, 0) is 22.6 Å². The third-order valence-corrected chi connectivity index (χ3v) is 4.00. The van der Waals surface area contributed by atoms with Crippen LogP contribution in [0.3, 0.4) is 0 Å². The van der Waals surface area contributed by atoms with Crippen LogP contribution in [0, 0.1) is 6.92 Å². The van der Waals surface area contributed by atoms with Gasteiger partial charge < -0.3 is 24.7 Å². The van der Waals surface area contributed by atoms with Crippen LogP contribution >= 0.6 is 0 Å². The molecular weight excluding hydrogens is 374 g/mol. The molecule has 0 spiro atoms. The molecule has 2 rings (SSSR count). The van der Waals surface area contributed by atoms with Crippen molar-refractivity contribution >= 4 is 17.9 Å². The van der Waals surface area contributed by atoms with Gasteiger partial charge in [-0.1, -0.05) is 12.1 Å². The summed E-state index contributed by atoms with van der Waals surface area (Å²) in [7, 11) is 1.62. The van der Waals surface area contributed by atoms with E-state index >= 15 is 0 Å². The van der Waals surface area contributed by atoms with Crippen molar-refractivity contribution in [3.05, 3.63) is 59.0 Å². The zero-order chi connectivity index (χ0) is 21.4. The van der Waals surface area contributed by atoms with Gasteiger partial charge in [0.1, 0.15) is 11.5 Å². The number of amides is 3. The minimum Gasteiger partial charge on any atom is -0.464 e. The molecule has 8 nitrogen and oxygen atoms in total. The maximum atomic E-state index is 12.1. The molecule has 0 bridgehead atoms. The molecule has 0 aliphatic carbocycles. The van der Waals surface area contributed by atoms with Crippen molar-refractivity contribution in [2.45, 2.75) is 39.9 Å². The van der Waals surface area contributed by atoms with Crippen LogP contribution in [0.4, 0.5) is 4.79 Å². The number of nitrogens with one attached hydrogen (secondary N) is 2. The molecule has 8 heteroatoms. The van der Waals surface area contributed by atoms with E-state index in [4.69, 9.17) is 9.15 Å². The average Bonchev–Trinajstić information content (AvgIpc) is 3.08. The lowest BCUT2D eigenvalue weighted by Crippen LogP contribution is -2.39. The van der Waals surface area contributed by atoms with E-state index in [0.717, 1.165) is 11.3 Å². The van der Waals surface area contributed by atoms with Gasteiger partial charge in [-0.3, -0.25) is 4.79 Å². The summed E-state index contributed by atoms with van der Waals surface area (Å²) in [6.45, 7) is 5.86. The summed E-state index contributed by atoms with van der Waals surface area (Å²) < 4.78 is 10.5. The first-order chi connectivity index (χ1) is 13.7. The number of carbonyl (C=O) groups is 3. The molecule has 2 N–H and O–H groups in total. The van der Waals surface area contributed by atoms with Gasteiger partial charge in [0.25, 0.3) is 5.91 Å². The number of hydrogen-bond donors (Lipinski definition) is 2. The molecule has 0 aliphatic rings. The van der Waals surface area contributed by atoms with E-state index in [1.54, 1.807) is 37.4 Å². The Morgan fingerprint density at radius 2 is 1.79 bits per heavy atom. The van der Waals surface area contributed by atoms with E-state index < -0.39 is 5.97 Å². The van der Waals surface area contributed by atoms with E-state index in [-0.39, 0.29) is 24.6 Å². The van der Waals surface area contributed by atoms with E-state index in [1.807, 2.05) is 26.8 Å². The minimum atomic E-state index is -0.586. The number of hydrogen-bond acceptors (Lipinski definition) is 5. The average molecular weight is 401 g/mol. The second-order valence-corrected chi connectivity index (χ2v) is 7.02. The highest BCUT2D eigenvalue weighted by atomic mass is 16.5. The zero-order valence-corrected chi connectivity index (χ0v) is 17.2. The van der Waals surface area contributed by atoms with Crippen LogP contribution < -0.4 is 10.6 Å². The number of esters is 1. The second kappa shape index (κ2) is 10.3. The van der Waals surface area contributed by atoms with Crippen molar-refractivity contribution in [2.75, 3.05) is 13.7 Å². The van der Waals surface area contributed by atoms with Gasteiger partial charge in [-0.15, -0.1) is 0 Å². The zero-order valence-electron chi connectivity index (χ0n) is 17.2. The molecule has 0 saturated carbocycles. The molecule has 3 amide bonds. The number of rotatable bonds is 8. The number of urea groups is 1. The lowest BCUT2D eigenvalue weighted by molar-refractivity contribution is -0.134. The number of nitrogens with zero attached hydrogens (tertiary/aromatic N) is 1. The van der Waals surface area contributed by atoms with Crippen LogP contribution in [-0.4, -0.2) is 42.5 Å². The highest BCUT2D eigenvalue weighted by Crippen LogP contribution is 2.09. The normalized spacial score (nSPS) is 10.5. The summed E-state index contributed by atoms with van der Waals surface area (Å²) in [6, 6.07) is 10.1. The first-order valence-electron chi connectivity index (χ1n) is 9.34. The number of likely N-dealkylation sites (N-methyl/N-ethyl adjacent to an activating group) is 1. The third kappa shape index (κ3) is 7.33. The topological polar surface area (TPSA) is 101 Å². The van der Waals surface area contributed by atoms with Crippen molar-refractivity contribution in [3.63, 3.8) is 0 Å². The van der Waals surface area contributed by atoms with Crippen molar-refractivity contribution in [2.24, 2.45) is 0 Å². The first-order valence-corrected chi connectivity index (χ1v) is 9.34. The predicted molar refractivity (Wildman–Crippen MR) is 107 cm³/mol. The number of aryl methyl sites for hydroxylation is 1. The Morgan fingerprint density at radius 1 is 1.10 bits per heavy atom. The fourth-order valence-corrected chi connectivity index (χ4v) is 2.47. The van der Waals surface area contributed by atoms with Gasteiger partial charge in [-0.2, -0.15) is 0 Å². The first kappa shape index (κ1) is 22.0. The van der Waals surface area contributed by atoms with Gasteiger partial charge in [-0.25, -0.2) is 9.59 Å². The van der Waals surface area contributed by atoms with Gasteiger partial charge in [0.15, 0.2) is 6.61 Å². The quantitative estimate of drug-likeness (QED) is 0.662.